The molecule has 7 nitrogen and oxygen atoms in total. The largest absolute Gasteiger partial charge is 0.465 e. The molecule has 27 heavy (non-hydrogen) atoms. The van der Waals surface area contributed by atoms with Crippen molar-refractivity contribution in [3.63, 3.8) is 0 Å². The molecule has 1 aromatic carbocycles. The van der Waals surface area contributed by atoms with Crippen LogP contribution in [0.25, 0.3) is 28.2 Å². The van der Waals surface area contributed by atoms with Crippen molar-refractivity contribution in [2.24, 2.45) is 0 Å². The Morgan fingerprint density at radius 3 is 2.59 bits per heavy atom. The average Bonchev–Trinajstić information content (AvgIpc) is 3.06. The molecule has 0 saturated heterocycles. The number of carbonyl (C=O) groups excluding carboxylic acids is 1. The average molecular weight is 363 g/mol. The molecule has 0 spiro atoms. The molecular weight excluding hydrogens is 349 g/mol. The molecule has 0 bridgehead atoms. The van der Waals surface area contributed by atoms with E-state index in [0.29, 0.717) is 39.6 Å². The van der Waals surface area contributed by atoms with Crippen molar-refractivity contribution in [3.05, 3.63) is 66.2 Å². The van der Waals surface area contributed by atoms with Gasteiger partial charge in [-0.1, -0.05) is 0 Å². The number of halogens is 1. The lowest BCUT2D eigenvalue weighted by Crippen LogP contribution is -2.04. The maximum Gasteiger partial charge on any atom is 0.337 e. The van der Waals surface area contributed by atoms with Crippen LogP contribution in [0.2, 0.25) is 0 Å². The number of methoxy groups -OCH3 is 1. The third kappa shape index (κ3) is 2.86. The van der Waals surface area contributed by atoms with Gasteiger partial charge in [-0.3, -0.25) is 4.57 Å². The summed E-state index contributed by atoms with van der Waals surface area (Å²) in [5.41, 5.74) is 8.48. The van der Waals surface area contributed by atoms with E-state index < -0.39 is 11.9 Å². The number of anilines is 1. The Bertz CT molecular complexity index is 1150. The summed E-state index contributed by atoms with van der Waals surface area (Å²) in [4.78, 5) is 24.3. The van der Waals surface area contributed by atoms with Gasteiger partial charge in [0, 0.05) is 11.9 Å². The molecule has 3 aromatic heterocycles. The van der Waals surface area contributed by atoms with Crippen LogP contribution < -0.4 is 5.73 Å². The number of esters is 1. The summed E-state index contributed by atoms with van der Waals surface area (Å²) in [6.07, 6.45) is 1.58. The summed E-state index contributed by atoms with van der Waals surface area (Å²) < 4.78 is 20.2. The number of fused-ring (bicyclic) bond motifs is 1. The molecule has 8 heteroatoms. The molecule has 0 unspecified atom stereocenters. The zero-order valence-electron chi connectivity index (χ0n) is 14.3. The Balaban J connectivity index is 1.98. The van der Waals surface area contributed by atoms with Gasteiger partial charge in [-0.25, -0.2) is 14.8 Å². The minimum atomic E-state index is -0.625. The summed E-state index contributed by atoms with van der Waals surface area (Å²) in [5, 5.41) is 0. The van der Waals surface area contributed by atoms with Gasteiger partial charge in [0.25, 0.3) is 0 Å². The summed E-state index contributed by atoms with van der Waals surface area (Å²) in [5.74, 6) is -0.307. The highest BCUT2D eigenvalue weighted by Gasteiger charge is 2.18. The highest BCUT2D eigenvalue weighted by Crippen LogP contribution is 2.30. The lowest BCUT2D eigenvalue weighted by atomic mass is 10.2. The first-order valence-electron chi connectivity index (χ1n) is 8.03. The quantitative estimate of drug-likeness (QED) is 0.444. The number of aromatic nitrogens is 4. The molecule has 0 fully saturated rings. The van der Waals surface area contributed by atoms with Crippen LogP contribution in [0.3, 0.4) is 0 Å². The van der Waals surface area contributed by atoms with E-state index in [1.807, 2.05) is 0 Å². The number of hydrogen-bond acceptors (Lipinski definition) is 6. The van der Waals surface area contributed by atoms with E-state index in [4.69, 9.17) is 10.5 Å². The van der Waals surface area contributed by atoms with E-state index >= 15 is 0 Å². The highest BCUT2D eigenvalue weighted by atomic mass is 19.1. The number of nitrogen functional groups attached to an aromatic ring is 1. The maximum absolute atomic E-state index is 13.8. The van der Waals surface area contributed by atoms with Crippen LogP contribution in [0, 0.1) is 5.95 Å². The molecule has 0 radical (unpaired) electrons. The van der Waals surface area contributed by atoms with Crippen LogP contribution >= 0.6 is 0 Å². The summed E-state index contributed by atoms with van der Waals surface area (Å²) >= 11 is 0. The normalized spacial score (nSPS) is 10.9. The number of nitrogens with two attached hydrogens (primary N) is 1. The van der Waals surface area contributed by atoms with Gasteiger partial charge >= 0.3 is 5.97 Å². The van der Waals surface area contributed by atoms with E-state index in [1.165, 1.54) is 13.2 Å². The SMILES string of the molecule is COC(=O)c1ccc(-n2c(-c3cccnc3N)nc3ccc(F)nc32)cc1. The monoisotopic (exact) mass is 363 g/mol. The number of pyridine rings is 2. The molecule has 134 valence electrons. The number of benzene rings is 1. The fourth-order valence-electron chi connectivity index (χ4n) is 2.83. The fourth-order valence-corrected chi connectivity index (χ4v) is 2.83. The molecule has 4 rings (SSSR count). The Morgan fingerprint density at radius 2 is 1.89 bits per heavy atom. The van der Waals surface area contributed by atoms with E-state index in [9.17, 15) is 9.18 Å². The number of carbonyl (C=O) groups is 1. The van der Waals surface area contributed by atoms with Crippen LogP contribution in [0.1, 0.15) is 10.4 Å². The molecule has 0 aliphatic heterocycles. The van der Waals surface area contributed by atoms with Crippen LogP contribution in [0.15, 0.2) is 54.7 Å². The summed E-state index contributed by atoms with van der Waals surface area (Å²) in [7, 11) is 1.32. The lowest BCUT2D eigenvalue weighted by molar-refractivity contribution is 0.0600. The number of ether oxygens (including phenoxy) is 1. The van der Waals surface area contributed by atoms with Gasteiger partial charge in [0.15, 0.2) is 11.5 Å². The lowest BCUT2D eigenvalue weighted by Gasteiger charge is -2.10. The van der Waals surface area contributed by atoms with Crippen molar-refractivity contribution < 1.29 is 13.9 Å². The van der Waals surface area contributed by atoms with E-state index in [0.717, 1.165) is 0 Å². The predicted molar refractivity (Wildman–Crippen MR) is 97.8 cm³/mol. The Hall–Kier alpha value is -3.81. The number of rotatable bonds is 3. The number of imidazole rings is 1. The zero-order valence-corrected chi connectivity index (χ0v) is 14.3. The molecular formula is C19H14FN5O2. The van der Waals surface area contributed by atoms with Gasteiger partial charge < -0.3 is 10.5 Å². The molecule has 3 heterocycles. The van der Waals surface area contributed by atoms with E-state index in [-0.39, 0.29) is 0 Å². The summed E-state index contributed by atoms with van der Waals surface area (Å²) in [6, 6.07) is 12.9. The smallest absolute Gasteiger partial charge is 0.337 e. The number of hydrogen-bond donors (Lipinski definition) is 1. The third-order valence-corrected chi connectivity index (χ3v) is 4.10. The first-order chi connectivity index (χ1) is 13.1. The standard InChI is InChI=1S/C19H14FN5O2/c1-27-19(26)11-4-6-12(7-5-11)25-17(13-3-2-10-22-16(13)21)23-14-8-9-15(20)24-18(14)25/h2-10H,1H3,(H2,21,22). The van der Waals surface area contributed by atoms with Crippen molar-refractivity contribution in [2.75, 3.05) is 12.8 Å². The minimum absolute atomic E-state index is 0.292. The second kappa shape index (κ2) is 6.49. The van der Waals surface area contributed by atoms with Gasteiger partial charge in [-0.15, -0.1) is 0 Å². The van der Waals surface area contributed by atoms with Crippen LogP contribution in [0.5, 0.6) is 0 Å². The van der Waals surface area contributed by atoms with Crippen molar-refractivity contribution >= 4 is 23.0 Å². The molecule has 0 amide bonds. The second-order valence-corrected chi connectivity index (χ2v) is 5.72. The van der Waals surface area contributed by atoms with Gasteiger partial charge in [0.05, 0.1) is 18.2 Å². The van der Waals surface area contributed by atoms with Crippen molar-refractivity contribution in [1.29, 1.82) is 0 Å². The first-order valence-corrected chi connectivity index (χ1v) is 8.03. The van der Waals surface area contributed by atoms with Gasteiger partial charge in [0.1, 0.15) is 11.3 Å². The van der Waals surface area contributed by atoms with E-state index in [1.54, 1.807) is 53.2 Å². The van der Waals surface area contributed by atoms with Gasteiger partial charge in [-0.2, -0.15) is 9.37 Å². The zero-order chi connectivity index (χ0) is 19.0. The van der Waals surface area contributed by atoms with Gasteiger partial charge in [-0.05, 0) is 48.5 Å². The van der Waals surface area contributed by atoms with Crippen molar-refractivity contribution in [1.82, 2.24) is 19.5 Å². The fraction of sp³-hybridized carbons (Fsp3) is 0.0526. The van der Waals surface area contributed by atoms with Crippen molar-refractivity contribution in [2.45, 2.75) is 0 Å². The molecule has 4 aromatic rings. The molecule has 0 aliphatic rings. The highest BCUT2D eigenvalue weighted by molar-refractivity contribution is 5.90. The maximum atomic E-state index is 13.8. The molecule has 2 N–H and O–H groups in total. The Labute approximate surface area is 153 Å². The van der Waals surface area contributed by atoms with Crippen LogP contribution in [-0.4, -0.2) is 32.6 Å². The second-order valence-electron chi connectivity index (χ2n) is 5.72. The van der Waals surface area contributed by atoms with Crippen LogP contribution in [-0.2, 0) is 4.74 Å². The predicted octanol–water partition coefficient (Wildman–Crippen LogP) is 2.99. The summed E-state index contributed by atoms with van der Waals surface area (Å²) in [6.45, 7) is 0. The Morgan fingerprint density at radius 1 is 1.11 bits per heavy atom. The minimum Gasteiger partial charge on any atom is -0.465 e. The molecule has 0 aliphatic carbocycles. The Kier molecular flexibility index (Phi) is 4.00. The molecule has 0 atom stereocenters. The van der Waals surface area contributed by atoms with E-state index in [2.05, 4.69) is 15.0 Å². The number of nitrogens with zero attached hydrogens (tertiary/aromatic N) is 4. The van der Waals surface area contributed by atoms with Gasteiger partial charge in [0.2, 0.25) is 5.95 Å². The van der Waals surface area contributed by atoms with Crippen LogP contribution in [0.4, 0.5) is 10.2 Å². The third-order valence-electron chi connectivity index (χ3n) is 4.10. The van der Waals surface area contributed by atoms with Crippen molar-refractivity contribution in [3.8, 4) is 17.1 Å². The topological polar surface area (TPSA) is 95.9 Å². The molecule has 0 saturated carbocycles. The first kappa shape index (κ1) is 16.6.